The molecule has 7 nitrogen and oxygen atoms in total. The zero-order valence-electron chi connectivity index (χ0n) is 13.0. The average Bonchev–Trinajstić information content (AvgIpc) is 3.24. The van der Waals surface area contributed by atoms with Crippen LogP contribution in [0.25, 0.3) is 0 Å². The van der Waals surface area contributed by atoms with Crippen molar-refractivity contribution in [3.63, 3.8) is 0 Å². The van der Waals surface area contributed by atoms with Gasteiger partial charge in [-0.05, 0) is 25.2 Å². The first-order valence-electron chi connectivity index (χ1n) is 7.94. The van der Waals surface area contributed by atoms with Crippen LogP contribution in [0.3, 0.4) is 0 Å². The van der Waals surface area contributed by atoms with Crippen LogP contribution in [0.4, 0.5) is 0 Å². The van der Waals surface area contributed by atoms with E-state index in [1.165, 1.54) is 0 Å². The highest BCUT2D eigenvalue weighted by atomic mass is 32.2. The van der Waals surface area contributed by atoms with Gasteiger partial charge in [-0.3, -0.25) is 9.79 Å². The van der Waals surface area contributed by atoms with Crippen molar-refractivity contribution in [1.29, 1.82) is 0 Å². The third-order valence-electron chi connectivity index (χ3n) is 4.63. The Morgan fingerprint density at radius 3 is 2.64 bits per heavy atom. The van der Waals surface area contributed by atoms with E-state index < -0.39 is 9.84 Å². The van der Waals surface area contributed by atoms with E-state index in [1.54, 1.807) is 7.05 Å². The number of sulfone groups is 1. The van der Waals surface area contributed by atoms with Gasteiger partial charge in [0.1, 0.15) is 0 Å². The molecule has 3 rings (SSSR count). The maximum atomic E-state index is 12.2. The number of hydrogen-bond donors (Lipinski definition) is 1. The van der Waals surface area contributed by atoms with Crippen LogP contribution in [0.15, 0.2) is 4.99 Å². The van der Waals surface area contributed by atoms with Gasteiger partial charge in [-0.25, -0.2) is 8.42 Å². The highest BCUT2D eigenvalue weighted by molar-refractivity contribution is 7.91. The molecule has 1 N–H and O–H groups in total. The van der Waals surface area contributed by atoms with Crippen molar-refractivity contribution in [2.45, 2.75) is 25.3 Å². The Hall–Kier alpha value is -1.31. The lowest BCUT2D eigenvalue weighted by Crippen LogP contribution is -2.56. The van der Waals surface area contributed by atoms with Crippen LogP contribution in [0.2, 0.25) is 0 Å². The molecule has 1 unspecified atom stereocenters. The molecule has 0 aromatic heterocycles. The molecule has 1 atom stereocenters. The highest BCUT2D eigenvalue weighted by Crippen LogP contribution is 2.28. The van der Waals surface area contributed by atoms with Gasteiger partial charge in [0.25, 0.3) is 0 Å². The molecule has 0 aromatic rings. The first kappa shape index (κ1) is 15.6. The summed E-state index contributed by atoms with van der Waals surface area (Å²) >= 11 is 0. The van der Waals surface area contributed by atoms with Gasteiger partial charge in [-0.15, -0.1) is 0 Å². The summed E-state index contributed by atoms with van der Waals surface area (Å²) in [5, 5.41) is 3.24. The molecule has 3 aliphatic rings. The van der Waals surface area contributed by atoms with Crippen molar-refractivity contribution >= 4 is 21.7 Å². The zero-order valence-corrected chi connectivity index (χ0v) is 13.8. The van der Waals surface area contributed by atoms with Gasteiger partial charge < -0.3 is 15.1 Å². The fraction of sp³-hybridized carbons (Fsp3) is 0.857. The van der Waals surface area contributed by atoms with Gasteiger partial charge in [-0.2, -0.15) is 0 Å². The van der Waals surface area contributed by atoms with Crippen LogP contribution >= 0.6 is 0 Å². The van der Waals surface area contributed by atoms with E-state index >= 15 is 0 Å². The molecule has 22 heavy (non-hydrogen) atoms. The van der Waals surface area contributed by atoms with Gasteiger partial charge >= 0.3 is 0 Å². The summed E-state index contributed by atoms with van der Waals surface area (Å²) in [4.78, 5) is 20.4. The first-order chi connectivity index (χ1) is 10.5. The lowest BCUT2D eigenvalue weighted by molar-refractivity contribution is -0.135. The van der Waals surface area contributed by atoms with Crippen LogP contribution in [-0.4, -0.2) is 80.9 Å². The van der Waals surface area contributed by atoms with Gasteiger partial charge in [-0.1, -0.05) is 0 Å². The molecule has 3 fully saturated rings. The molecular weight excluding hydrogens is 304 g/mol. The minimum absolute atomic E-state index is 0.144. The number of guanidine groups is 1. The van der Waals surface area contributed by atoms with Crippen LogP contribution in [0, 0.1) is 5.92 Å². The van der Waals surface area contributed by atoms with Crippen molar-refractivity contribution in [2.24, 2.45) is 10.9 Å². The highest BCUT2D eigenvalue weighted by Gasteiger charge is 2.36. The Labute approximate surface area is 131 Å². The summed E-state index contributed by atoms with van der Waals surface area (Å²) in [5.41, 5.74) is 0. The summed E-state index contributed by atoms with van der Waals surface area (Å²) < 4.78 is 23.0. The molecular formula is C14H24N4O3S. The molecule has 124 valence electrons. The fourth-order valence-corrected chi connectivity index (χ4v) is 5.10. The summed E-state index contributed by atoms with van der Waals surface area (Å²) in [6.45, 7) is 2.49. The molecule has 2 saturated heterocycles. The Morgan fingerprint density at radius 2 is 2.09 bits per heavy atom. The zero-order chi connectivity index (χ0) is 15.7. The second kappa shape index (κ2) is 6.06. The van der Waals surface area contributed by atoms with Crippen molar-refractivity contribution < 1.29 is 13.2 Å². The Bertz CT molecular complexity index is 571. The van der Waals surface area contributed by atoms with Crippen LogP contribution in [0.5, 0.6) is 0 Å². The molecule has 0 spiro atoms. The van der Waals surface area contributed by atoms with Crippen molar-refractivity contribution in [1.82, 2.24) is 15.1 Å². The molecule has 1 amide bonds. The maximum Gasteiger partial charge on any atom is 0.242 e. The molecule has 2 heterocycles. The first-order valence-corrected chi connectivity index (χ1v) is 9.76. The molecule has 1 saturated carbocycles. The summed E-state index contributed by atoms with van der Waals surface area (Å²) in [6.07, 6.45) is 2.98. The van der Waals surface area contributed by atoms with Gasteiger partial charge in [0.15, 0.2) is 15.8 Å². The van der Waals surface area contributed by atoms with E-state index in [0.29, 0.717) is 31.5 Å². The third kappa shape index (κ3) is 3.53. The maximum absolute atomic E-state index is 12.2. The quantitative estimate of drug-likeness (QED) is 0.547. The number of aliphatic imine (C=N–C) groups is 1. The lowest BCUT2D eigenvalue weighted by atomic mass is 10.1. The smallest absolute Gasteiger partial charge is 0.242 e. The molecule has 8 heteroatoms. The monoisotopic (exact) mass is 328 g/mol. The van der Waals surface area contributed by atoms with E-state index in [2.05, 4.69) is 10.3 Å². The average molecular weight is 328 g/mol. The summed E-state index contributed by atoms with van der Waals surface area (Å²) in [7, 11) is -1.15. The topological polar surface area (TPSA) is 82.1 Å². The number of nitrogens with one attached hydrogen (secondary N) is 1. The van der Waals surface area contributed by atoms with E-state index in [-0.39, 0.29) is 23.3 Å². The van der Waals surface area contributed by atoms with Crippen molar-refractivity contribution in [3.8, 4) is 0 Å². The number of piperazine rings is 1. The van der Waals surface area contributed by atoms with Crippen LogP contribution in [0.1, 0.15) is 19.3 Å². The van der Waals surface area contributed by atoms with Crippen molar-refractivity contribution in [2.75, 3.05) is 44.7 Å². The lowest BCUT2D eigenvalue weighted by Gasteiger charge is -2.36. The van der Waals surface area contributed by atoms with E-state index in [0.717, 1.165) is 25.9 Å². The van der Waals surface area contributed by atoms with Gasteiger partial charge in [0, 0.05) is 32.7 Å². The van der Waals surface area contributed by atoms with Crippen LogP contribution < -0.4 is 5.32 Å². The third-order valence-corrected chi connectivity index (χ3v) is 6.47. The molecule has 0 aromatic carbocycles. The number of hydrogen-bond acceptors (Lipinski definition) is 4. The fourth-order valence-electron chi connectivity index (χ4n) is 3.24. The predicted molar refractivity (Wildman–Crippen MR) is 84.4 cm³/mol. The minimum Gasteiger partial charge on any atom is -0.356 e. The molecule has 2 aliphatic heterocycles. The number of carbonyl (C=O) groups is 1. The normalized spacial score (nSPS) is 29.0. The molecule has 0 bridgehead atoms. The number of rotatable bonds is 3. The summed E-state index contributed by atoms with van der Waals surface area (Å²) in [5.74, 6) is 1.56. The molecule has 1 aliphatic carbocycles. The molecule has 0 radical (unpaired) electrons. The second-order valence-corrected chi connectivity index (χ2v) is 8.67. The van der Waals surface area contributed by atoms with Gasteiger partial charge in [0.2, 0.25) is 5.91 Å². The van der Waals surface area contributed by atoms with Gasteiger partial charge in [0.05, 0.1) is 18.1 Å². The van der Waals surface area contributed by atoms with E-state index in [9.17, 15) is 13.2 Å². The standard InChI is InChI=1S/C14H24N4O3S/c1-15-14(16-8-11-4-7-22(20,21)10-11)17-5-6-18(12-2-3-12)13(19)9-17/h11-12H,2-10H2,1H3,(H,15,16). The predicted octanol–water partition coefficient (Wildman–Crippen LogP) is -0.697. The van der Waals surface area contributed by atoms with Crippen LogP contribution in [-0.2, 0) is 14.6 Å². The summed E-state index contributed by atoms with van der Waals surface area (Å²) in [6, 6.07) is 0.466. The Morgan fingerprint density at radius 1 is 1.32 bits per heavy atom. The Kier molecular flexibility index (Phi) is 4.29. The van der Waals surface area contributed by atoms with E-state index in [4.69, 9.17) is 0 Å². The largest absolute Gasteiger partial charge is 0.356 e. The SMILES string of the molecule is CN=C(NCC1CCS(=O)(=O)C1)N1CCN(C2CC2)C(=O)C1. The minimum atomic E-state index is -2.85. The second-order valence-electron chi connectivity index (χ2n) is 6.44. The number of nitrogens with zero attached hydrogens (tertiary/aromatic N) is 3. The van der Waals surface area contributed by atoms with E-state index in [1.807, 2.05) is 9.80 Å². The van der Waals surface area contributed by atoms with Crippen molar-refractivity contribution in [3.05, 3.63) is 0 Å². The number of carbonyl (C=O) groups excluding carboxylic acids is 1. The number of amides is 1. The Balaban J connectivity index is 1.51.